The number of carboxylic acid groups (broad SMARTS) is 1. The van der Waals surface area contributed by atoms with E-state index in [0.717, 1.165) is 5.56 Å². The van der Waals surface area contributed by atoms with Crippen molar-refractivity contribution in [1.82, 2.24) is 10.2 Å². The van der Waals surface area contributed by atoms with Gasteiger partial charge in [-0.2, -0.15) is 0 Å². The van der Waals surface area contributed by atoms with E-state index in [1.807, 2.05) is 0 Å². The van der Waals surface area contributed by atoms with Crippen LogP contribution in [-0.2, 0) is 4.79 Å². The number of likely N-dealkylation sites (N-methyl/N-ethyl adjacent to an activating group) is 1. The van der Waals surface area contributed by atoms with E-state index in [2.05, 4.69) is 5.32 Å². The van der Waals surface area contributed by atoms with Crippen LogP contribution in [0.3, 0.4) is 0 Å². The SMILES string of the molecule is CCN(CC(=O)O)C(=O)NC(C)c1ccc(F)cc1. The number of aliphatic carboxylic acids is 1. The summed E-state index contributed by atoms with van der Waals surface area (Å²) in [4.78, 5) is 23.6. The van der Waals surface area contributed by atoms with Gasteiger partial charge in [0.1, 0.15) is 12.4 Å². The second kappa shape index (κ2) is 6.72. The van der Waals surface area contributed by atoms with Crippen molar-refractivity contribution in [2.24, 2.45) is 0 Å². The maximum atomic E-state index is 12.8. The molecular weight excluding hydrogens is 251 g/mol. The predicted octanol–water partition coefficient (Wildman–Crippen LogP) is 2.00. The molecule has 1 atom stereocenters. The van der Waals surface area contributed by atoms with Crippen molar-refractivity contribution >= 4 is 12.0 Å². The molecule has 104 valence electrons. The Morgan fingerprint density at radius 2 is 1.95 bits per heavy atom. The van der Waals surface area contributed by atoms with Crippen LogP contribution in [0.4, 0.5) is 9.18 Å². The van der Waals surface area contributed by atoms with Gasteiger partial charge < -0.3 is 15.3 Å². The van der Waals surface area contributed by atoms with Crippen molar-refractivity contribution in [3.8, 4) is 0 Å². The fourth-order valence-corrected chi connectivity index (χ4v) is 1.60. The number of carbonyl (C=O) groups excluding carboxylic acids is 1. The van der Waals surface area contributed by atoms with Crippen molar-refractivity contribution in [1.29, 1.82) is 0 Å². The molecule has 0 fully saturated rings. The Morgan fingerprint density at radius 3 is 2.42 bits per heavy atom. The van der Waals surface area contributed by atoms with Crippen molar-refractivity contribution in [3.05, 3.63) is 35.6 Å². The summed E-state index contributed by atoms with van der Waals surface area (Å²) in [6.45, 7) is 3.40. The first-order valence-corrected chi connectivity index (χ1v) is 5.96. The number of carboxylic acids is 1. The van der Waals surface area contributed by atoms with Gasteiger partial charge >= 0.3 is 12.0 Å². The third-order valence-electron chi connectivity index (χ3n) is 2.71. The second-order valence-electron chi connectivity index (χ2n) is 4.13. The van der Waals surface area contributed by atoms with Crippen molar-refractivity contribution < 1.29 is 19.1 Å². The first kappa shape index (κ1) is 14.9. The van der Waals surface area contributed by atoms with Gasteiger partial charge in [-0.3, -0.25) is 4.79 Å². The molecule has 1 rings (SSSR count). The fourth-order valence-electron chi connectivity index (χ4n) is 1.60. The summed E-state index contributed by atoms with van der Waals surface area (Å²) in [5, 5.41) is 11.4. The summed E-state index contributed by atoms with van der Waals surface area (Å²) in [5.74, 6) is -1.41. The van der Waals surface area contributed by atoms with E-state index in [1.165, 1.54) is 17.0 Å². The molecule has 1 unspecified atom stereocenters. The van der Waals surface area contributed by atoms with E-state index < -0.39 is 12.0 Å². The minimum absolute atomic E-state index is 0.300. The molecular formula is C13H17FN2O3. The van der Waals surface area contributed by atoms with Crippen molar-refractivity contribution in [2.75, 3.05) is 13.1 Å². The molecule has 0 aromatic heterocycles. The summed E-state index contributed by atoms with van der Waals surface area (Å²) in [6, 6.07) is 5.00. The van der Waals surface area contributed by atoms with Gasteiger partial charge in [0.2, 0.25) is 0 Å². The highest BCUT2D eigenvalue weighted by molar-refractivity contribution is 5.80. The van der Waals surface area contributed by atoms with E-state index in [1.54, 1.807) is 26.0 Å². The Kier molecular flexibility index (Phi) is 5.29. The third kappa shape index (κ3) is 4.57. The smallest absolute Gasteiger partial charge is 0.323 e. The molecule has 19 heavy (non-hydrogen) atoms. The molecule has 0 radical (unpaired) electrons. The van der Waals surface area contributed by atoms with Crippen LogP contribution in [0.1, 0.15) is 25.5 Å². The molecule has 0 saturated heterocycles. The van der Waals surface area contributed by atoms with Gasteiger partial charge in [0, 0.05) is 6.54 Å². The summed E-state index contributed by atoms with van der Waals surface area (Å²) in [7, 11) is 0. The molecule has 0 aliphatic rings. The van der Waals surface area contributed by atoms with Gasteiger partial charge in [-0.25, -0.2) is 9.18 Å². The Morgan fingerprint density at radius 1 is 1.37 bits per heavy atom. The fraction of sp³-hybridized carbons (Fsp3) is 0.385. The van der Waals surface area contributed by atoms with Crippen LogP contribution in [0.5, 0.6) is 0 Å². The van der Waals surface area contributed by atoms with Gasteiger partial charge in [0.05, 0.1) is 6.04 Å². The lowest BCUT2D eigenvalue weighted by Crippen LogP contribution is -2.43. The van der Waals surface area contributed by atoms with E-state index in [0.29, 0.717) is 6.54 Å². The highest BCUT2D eigenvalue weighted by atomic mass is 19.1. The first-order valence-electron chi connectivity index (χ1n) is 5.96. The van der Waals surface area contributed by atoms with E-state index in [-0.39, 0.29) is 18.4 Å². The lowest BCUT2D eigenvalue weighted by molar-refractivity contribution is -0.137. The number of hydrogen-bond acceptors (Lipinski definition) is 2. The van der Waals surface area contributed by atoms with Gasteiger partial charge in [0.15, 0.2) is 0 Å². The molecule has 0 heterocycles. The van der Waals surface area contributed by atoms with E-state index in [4.69, 9.17) is 5.11 Å². The molecule has 1 aromatic carbocycles. The van der Waals surface area contributed by atoms with Crippen LogP contribution in [0.2, 0.25) is 0 Å². The number of rotatable bonds is 5. The Labute approximate surface area is 111 Å². The van der Waals surface area contributed by atoms with Crippen LogP contribution in [0, 0.1) is 5.82 Å². The summed E-state index contributed by atoms with van der Waals surface area (Å²) < 4.78 is 12.8. The zero-order valence-electron chi connectivity index (χ0n) is 10.9. The number of nitrogens with zero attached hydrogens (tertiary/aromatic N) is 1. The molecule has 6 heteroatoms. The lowest BCUT2D eigenvalue weighted by Gasteiger charge is -2.22. The van der Waals surface area contributed by atoms with Crippen LogP contribution < -0.4 is 5.32 Å². The third-order valence-corrected chi connectivity index (χ3v) is 2.71. The number of hydrogen-bond donors (Lipinski definition) is 2. The largest absolute Gasteiger partial charge is 0.480 e. The summed E-state index contributed by atoms with van der Waals surface area (Å²) >= 11 is 0. The molecule has 2 amide bonds. The van der Waals surface area contributed by atoms with Gasteiger partial charge in [0.25, 0.3) is 0 Å². The van der Waals surface area contributed by atoms with Gasteiger partial charge in [-0.05, 0) is 31.5 Å². The molecule has 2 N–H and O–H groups in total. The minimum Gasteiger partial charge on any atom is -0.480 e. The van der Waals surface area contributed by atoms with Crippen molar-refractivity contribution in [3.63, 3.8) is 0 Å². The molecule has 0 aliphatic carbocycles. The normalized spacial score (nSPS) is 11.7. The molecule has 0 bridgehead atoms. The molecule has 5 nitrogen and oxygen atoms in total. The summed E-state index contributed by atoms with van der Waals surface area (Å²) in [6.07, 6.45) is 0. The number of amides is 2. The average molecular weight is 268 g/mol. The monoisotopic (exact) mass is 268 g/mol. The van der Waals surface area contributed by atoms with E-state index in [9.17, 15) is 14.0 Å². The predicted molar refractivity (Wildman–Crippen MR) is 68.2 cm³/mol. The number of benzene rings is 1. The quantitative estimate of drug-likeness (QED) is 0.858. The second-order valence-corrected chi connectivity index (χ2v) is 4.13. The number of halogens is 1. The number of nitrogens with one attached hydrogen (secondary N) is 1. The van der Waals surface area contributed by atoms with Crippen LogP contribution >= 0.6 is 0 Å². The lowest BCUT2D eigenvalue weighted by atomic mass is 10.1. The average Bonchev–Trinajstić information content (AvgIpc) is 2.36. The molecule has 1 aromatic rings. The maximum absolute atomic E-state index is 12.8. The highest BCUT2D eigenvalue weighted by Crippen LogP contribution is 2.13. The minimum atomic E-state index is -1.06. The molecule has 0 saturated carbocycles. The summed E-state index contributed by atoms with van der Waals surface area (Å²) in [5.41, 5.74) is 0.751. The van der Waals surface area contributed by atoms with Crippen LogP contribution in [0.15, 0.2) is 24.3 Å². The molecule has 0 aliphatic heterocycles. The Balaban J connectivity index is 2.64. The standard InChI is InChI=1S/C13H17FN2O3/c1-3-16(8-12(17)18)13(19)15-9(2)10-4-6-11(14)7-5-10/h4-7,9H,3,8H2,1-2H3,(H,15,19)(H,17,18). The van der Waals surface area contributed by atoms with Crippen LogP contribution in [0.25, 0.3) is 0 Å². The van der Waals surface area contributed by atoms with E-state index >= 15 is 0 Å². The first-order chi connectivity index (χ1) is 8.93. The molecule has 0 spiro atoms. The van der Waals surface area contributed by atoms with Gasteiger partial charge in [-0.1, -0.05) is 12.1 Å². The number of urea groups is 1. The van der Waals surface area contributed by atoms with Crippen molar-refractivity contribution in [2.45, 2.75) is 19.9 Å². The topological polar surface area (TPSA) is 69.6 Å². The number of carbonyl (C=O) groups is 2. The van der Waals surface area contributed by atoms with Crippen LogP contribution in [-0.4, -0.2) is 35.1 Å². The highest BCUT2D eigenvalue weighted by Gasteiger charge is 2.17. The zero-order chi connectivity index (χ0) is 14.4. The Hall–Kier alpha value is -2.11. The zero-order valence-corrected chi connectivity index (χ0v) is 10.9. The van der Waals surface area contributed by atoms with Gasteiger partial charge in [-0.15, -0.1) is 0 Å². The maximum Gasteiger partial charge on any atom is 0.323 e. The Bertz CT molecular complexity index is 448.